The van der Waals surface area contributed by atoms with Crippen molar-refractivity contribution in [3.05, 3.63) is 83.4 Å². The Balaban J connectivity index is 1.42. The molecule has 1 aliphatic carbocycles. The van der Waals surface area contributed by atoms with Gasteiger partial charge in [0.15, 0.2) is 0 Å². The van der Waals surface area contributed by atoms with E-state index in [0.717, 1.165) is 37.7 Å². The summed E-state index contributed by atoms with van der Waals surface area (Å²) in [5.41, 5.74) is 2.66. The van der Waals surface area contributed by atoms with Gasteiger partial charge < -0.3 is 5.11 Å². The smallest absolute Gasteiger partial charge is 0.335 e. The molecule has 3 heteroatoms. The first kappa shape index (κ1) is 19.4. The molecule has 1 aliphatic rings. The first-order valence-corrected chi connectivity index (χ1v) is 10.4. The molecule has 0 heterocycles. The summed E-state index contributed by atoms with van der Waals surface area (Å²) in [6.07, 6.45) is 5.33. The van der Waals surface area contributed by atoms with Crippen molar-refractivity contribution < 1.29 is 14.7 Å². The van der Waals surface area contributed by atoms with Gasteiger partial charge in [0.2, 0.25) is 0 Å². The molecule has 0 radical (unpaired) electrons. The SMILES string of the molecule is O=C(O)c1cccc(CCC[C@H]2CCC(=O)C2Cc2cccc3ccccc23)c1. The van der Waals surface area contributed by atoms with E-state index in [1.807, 2.05) is 6.07 Å². The first-order chi connectivity index (χ1) is 14.1. The number of hydrogen-bond donors (Lipinski definition) is 1. The molecule has 3 aromatic carbocycles. The maximum atomic E-state index is 12.6. The lowest BCUT2D eigenvalue weighted by Gasteiger charge is -2.19. The second-order valence-corrected chi connectivity index (χ2v) is 8.11. The molecule has 3 nitrogen and oxygen atoms in total. The van der Waals surface area contributed by atoms with Crippen molar-refractivity contribution in [2.24, 2.45) is 11.8 Å². The highest BCUT2D eigenvalue weighted by atomic mass is 16.4. The number of benzene rings is 3. The molecular weight excluding hydrogens is 360 g/mol. The molecular formula is C26H26O3. The quantitative estimate of drug-likeness (QED) is 0.567. The lowest BCUT2D eigenvalue weighted by molar-refractivity contribution is -0.121. The number of carboxylic acids is 1. The molecule has 1 saturated carbocycles. The van der Waals surface area contributed by atoms with Gasteiger partial charge in [0.1, 0.15) is 5.78 Å². The summed E-state index contributed by atoms with van der Waals surface area (Å²) in [6.45, 7) is 0. The van der Waals surface area contributed by atoms with Crippen LogP contribution < -0.4 is 0 Å². The number of carboxylic acid groups (broad SMARTS) is 1. The van der Waals surface area contributed by atoms with Crippen molar-refractivity contribution in [2.45, 2.75) is 38.5 Å². The zero-order valence-electron chi connectivity index (χ0n) is 16.5. The van der Waals surface area contributed by atoms with Crippen molar-refractivity contribution >= 4 is 22.5 Å². The molecule has 29 heavy (non-hydrogen) atoms. The first-order valence-electron chi connectivity index (χ1n) is 10.4. The normalized spacial score (nSPS) is 19.0. The van der Waals surface area contributed by atoms with E-state index in [0.29, 0.717) is 23.7 Å². The van der Waals surface area contributed by atoms with Gasteiger partial charge in [0.05, 0.1) is 5.56 Å². The predicted octanol–water partition coefficient (Wildman–Crippen LogP) is 5.70. The minimum atomic E-state index is -0.886. The van der Waals surface area contributed by atoms with Gasteiger partial charge in [-0.1, -0.05) is 54.6 Å². The van der Waals surface area contributed by atoms with Crippen LogP contribution in [0, 0.1) is 11.8 Å². The lowest BCUT2D eigenvalue weighted by atomic mass is 9.84. The predicted molar refractivity (Wildman–Crippen MR) is 115 cm³/mol. The van der Waals surface area contributed by atoms with Gasteiger partial charge in [-0.05, 0) is 72.1 Å². The fourth-order valence-electron chi connectivity index (χ4n) is 4.74. The van der Waals surface area contributed by atoms with Crippen LogP contribution in [-0.4, -0.2) is 16.9 Å². The van der Waals surface area contributed by atoms with Crippen molar-refractivity contribution in [3.63, 3.8) is 0 Å². The summed E-state index contributed by atoms with van der Waals surface area (Å²) in [7, 11) is 0. The molecule has 1 unspecified atom stereocenters. The number of fused-ring (bicyclic) bond motifs is 1. The fourth-order valence-corrected chi connectivity index (χ4v) is 4.74. The van der Waals surface area contributed by atoms with Crippen LogP contribution in [0.25, 0.3) is 10.8 Å². The molecule has 0 aliphatic heterocycles. The highest BCUT2D eigenvalue weighted by Gasteiger charge is 2.34. The Bertz CT molecular complexity index is 1030. The Morgan fingerprint density at radius 1 is 1.00 bits per heavy atom. The van der Waals surface area contributed by atoms with Crippen LogP contribution >= 0.6 is 0 Å². The van der Waals surface area contributed by atoms with Crippen LogP contribution in [-0.2, 0) is 17.6 Å². The number of hydrogen-bond acceptors (Lipinski definition) is 2. The van der Waals surface area contributed by atoms with Crippen LogP contribution in [0.15, 0.2) is 66.7 Å². The van der Waals surface area contributed by atoms with Crippen molar-refractivity contribution in [1.82, 2.24) is 0 Å². The molecule has 1 fully saturated rings. The molecule has 0 amide bonds. The van der Waals surface area contributed by atoms with Crippen molar-refractivity contribution in [1.29, 1.82) is 0 Å². The average Bonchev–Trinajstić information content (AvgIpc) is 3.08. The number of aryl methyl sites for hydroxylation is 1. The highest BCUT2D eigenvalue weighted by molar-refractivity contribution is 5.88. The minimum Gasteiger partial charge on any atom is -0.478 e. The molecule has 2 atom stereocenters. The minimum absolute atomic E-state index is 0.103. The third-order valence-electron chi connectivity index (χ3n) is 6.28. The third-order valence-corrected chi connectivity index (χ3v) is 6.28. The van der Waals surface area contributed by atoms with Gasteiger partial charge in [-0.25, -0.2) is 4.79 Å². The van der Waals surface area contributed by atoms with Crippen LogP contribution in [0.1, 0.15) is 47.2 Å². The Morgan fingerprint density at radius 3 is 2.66 bits per heavy atom. The molecule has 0 saturated heterocycles. The molecule has 0 aromatic heterocycles. The van der Waals surface area contributed by atoms with Crippen LogP contribution in [0.3, 0.4) is 0 Å². The van der Waals surface area contributed by atoms with E-state index in [4.69, 9.17) is 5.11 Å². The Kier molecular flexibility index (Phi) is 5.75. The maximum Gasteiger partial charge on any atom is 0.335 e. The fraction of sp³-hybridized carbons (Fsp3) is 0.308. The standard InChI is InChI=1S/C26H26O3/c27-25-15-14-20(9-3-6-18-7-4-12-22(16-18)26(28)29)24(25)17-21-11-5-10-19-8-1-2-13-23(19)21/h1-2,4-5,7-8,10-13,16,20,24H,3,6,9,14-15,17H2,(H,28,29)/t20-,24?/m0/s1. The highest BCUT2D eigenvalue weighted by Crippen LogP contribution is 2.36. The van der Waals surface area contributed by atoms with Crippen LogP contribution in [0.5, 0.6) is 0 Å². The molecule has 4 rings (SSSR count). The van der Waals surface area contributed by atoms with Crippen molar-refractivity contribution in [2.75, 3.05) is 0 Å². The van der Waals surface area contributed by atoms with E-state index in [2.05, 4.69) is 42.5 Å². The van der Waals surface area contributed by atoms with E-state index in [1.54, 1.807) is 18.2 Å². The number of Topliss-reactive ketones (excluding diaryl/α,β-unsaturated/α-hetero) is 1. The monoisotopic (exact) mass is 386 g/mol. The molecule has 148 valence electrons. The number of aromatic carboxylic acids is 1. The van der Waals surface area contributed by atoms with Gasteiger partial charge in [-0.15, -0.1) is 0 Å². The third kappa shape index (κ3) is 4.40. The summed E-state index contributed by atoms with van der Waals surface area (Å²) < 4.78 is 0. The number of carbonyl (C=O) groups excluding carboxylic acids is 1. The van der Waals surface area contributed by atoms with Gasteiger partial charge in [-0.3, -0.25) is 4.79 Å². The molecule has 0 bridgehead atoms. The van der Waals surface area contributed by atoms with Gasteiger partial charge in [0, 0.05) is 12.3 Å². The van der Waals surface area contributed by atoms with Gasteiger partial charge >= 0.3 is 5.97 Å². The van der Waals surface area contributed by atoms with Crippen LogP contribution in [0.4, 0.5) is 0 Å². The van der Waals surface area contributed by atoms with Gasteiger partial charge in [-0.2, -0.15) is 0 Å². The van der Waals surface area contributed by atoms with Gasteiger partial charge in [0.25, 0.3) is 0 Å². The summed E-state index contributed by atoms with van der Waals surface area (Å²) >= 11 is 0. The average molecular weight is 386 g/mol. The van der Waals surface area contributed by atoms with E-state index in [1.165, 1.54) is 16.3 Å². The molecule has 3 aromatic rings. The second kappa shape index (κ2) is 8.60. The number of rotatable bonds is 7. The Labute approximate surface area is 171 Å². The summed E-state index contributed by atoms with van der Waals surface area (Å²) in [4.78, 5) is 23.8. The Morgan fingerprint density at radius 2 is 1.79 bits per heavy atom. The lowest BCUT2D eigenvalue weighted by Crippen LogP contribution is -2.18. The number of carbonyl (C=O) groups is 2. The van der Waals surface area contributed by atoms with E-state index >= 15 is 0 Å². The second-order valence-electron chi connectivity index (χ2n) is 8.11. The topological polar surface area (TPSA) is 54.4 Å². The zero-order valence-corrected chi connectivity index (χ0v) is 16.5. The molecule has 1 N–H and O–H groups in total. The summed E-state index contributed by atoms with van der Waals surface area (Å²) in [5.74, 6) is 0.0366. The van der Waals surface area contributed by atoms with E-state index in [9.17, 15) is 9.59 Å². The van der Waals surface area contributed by atoms with E-state index < -0.39 is 5.97 Å². The number of ketones is 1. The molecule has 0 spiro atoms. The summed E-state index contributed by atoms with van der Waals surface area (Å²) in [6, 6.07) is 21.9. The van der Waals surface area contributed by atoms with E-state index in [-0.39, 0.29) is 5.92 Å². The van der Waals surface area contributed by atoms with Crippen molar-refractivity contribution in [3.8, 4) is 0 Å². The Hall–Kier alpha value is -2.94. The largest absolute Gasteiger partial charge is 0.478 e. The summed E-state index contributed by atoms with van der Waals surface area (Å²) in [5, 5.41) is 11.6. The maximum absolute atomic E-state index is 12.6. The van der Waals surface area contributed by atoms with Crippen LogP contribution in [0.2, 0.25) is 0 Å². The zero-order chi connectivity index (χ0) is 20.2.